The molecule has 2 aromatic carbocycles. The fraction of sp³-hybridized carbons (Fsp3) is 0.464. The van der Waals surface area contributed by atoms with E-state index in [-0.39, 0.29) is 0 Å². The first kappa shape index (κ1) is 25.1. The monoisotopic (exact) mass is 479 g/mol. The maximum Gasteiger partial charge on any atom is 0.161 e. The summed E-state index contributed by atoms with van der Waals surface area (Å²) in [6.45, 7) is 8.31. The second kappa shape index (κ2) is 11.6. The molecule has 4 rings (SSSR count). The molecule has 1 aliphatic rings. The maximum atomic E-state index is 11.1. The number of ether oxygens (including phenoxy) is 3. The smallest absolute Gasteiger partial charge is 0.161 e. The van der Waals surface area contributed by atoms with Gasteiger partial charge in [0.25, 0.3) is 0 Å². The van der Waals surface area contributed by atoms with Crippen molar-refractivity contribution in [3.63, 3.8) is 0 Å². The maximum absolute atomic E-state index is 11.1. The highest BCUT2D eigenvalue weighted by atomic mass is 16.5. The van der Waals surface area contributed by atoms with Crippen molar-refractivity contribution in [1.29, 1.82) is 0 Å². The molecule has 0 saturated carbocycles. The van der Waals surface area contributed by atoms with E-state index >= 15 is 0 Å². The number of rotatable bonds is 11. The third kappa shape index (κ3) is 6.99. The van der Waals surface area contributed by atoms with Crippen molar-refractivity contribution in [3.05, 3.63) is 71.5 Å². The zero-order valence-electron chi connectivity index (χ0n) is 21.1. The quantitative estimate of drug-likeness (QED) is 0.412. The SMILES string of the molecule is COc1cc(CN2CCC(O)(COc3ccc(C)cc3C)CC2)ccc1OCCCn1cccn1. The van der Waals surface area contributed by atoms with E-state index in [9.17, 15) is 5.11 Å². The van der Waals surface area contributed by atoms with Gasteiger partial charge in [0.2, 0.25) is 0 Å². The second-order valence-electron chi connectivity index (χ2n) is 9.51. The molecule has 2 heterocycles. The van der Waals surface area contributed by atoms with Crippen molar-refractivity contribution in [2.75, 3.05) is 33.4 Å². The van der Waals surface area contributed by atoms with Gasteiger partial charge in [-0.1, -0.05) is 23.8 Å². The minimum absolute atomic E-state index is 0.324. The molecule has 3 aromatic rings. The van der Waals surface area contributed by atoms with Crippen LogP contribution in [0.1, 0.15) is 36.0 Å². The van der Waals surface area contributed by atoms with Gasteiger partial charge in [0.1, 0.15) is 18.0 Å². The van der Waals surface area contributed by atoms with Gasteiger partial charge >= 0.3 is 0 Å². The Morgan fingerprint density at radius 2 is 1.80 bits per heavy atom. The molecule has 0 aliphatic carbocycles. The fourth-order valence-corrected chi connectivity index (χ4v) is 4.47. The summed E-state index contributed by atoms with van der Waals surface area (Å²) in [6.07, 6.45) is 5.98. The van der Waals surface area contributed by atoms with Crippen molar-refractivity contribution in [2.24, 2.45) is 0 Å². The van der Waals surface area contributed by atoms with Crippen LogP contribution in [0.5, 0.6) is 17.2 Å². The molecule has 1 aliphatic heterocycles. The lowest BCUT2D eigenvalue weighted by Crippen LogP contribution is -2.47. The summed E-state index contributed by atoms with van der Waals surface area (Å²) in [6, 6.07) is 14.2. The predicted molar refractivity (Wildman–Crippen MR) is 136 cm³/mol. The van der Waals surface area contributed by atoms with Gasteiger partial charge in [0, 0.05) is 45.0 Å². The summed E-state index contributed by atoms with van der Waals surface area (Å²) >= 11 is 0. The van der Waals surface area contributed by atoms with Crippen molar-refractivity contribution in [1.82, 2.24) is 14.7 Å². The highest BCUT2D eigenvalue weighted by molar-refractivity contribution is 5.43. The van der Waals surface area contributed by atoms with Crippen molar-refractivity contribution in [3.8, 4) is 17.2 Å². The molecular formula is C28H37N3O4. The molecule has 0 radical (unpaired) electrons. The van der Waals surface area contributed by atoms with Crippen LogP contribution in [0, 0.1) is 13.8 Å². The fourth-order valence-electron chi connectivity index (χ4n) is 4.47. The molecule has 188 valence electrons. The summed E-state index contributed by atoms with van der Waals surface area (Å²) in [7, 11) is 1.67. The largest absolute Gasteiger partial charge is 0.493 e. The van der Waals surface area contributed by atoms with Gasteiger partial charge in [0.15, 0.2) is 11.5 Å². The first-order valence-electron chi connectivity index (χ1n) is 12.4. The Hall–Kier alpha value is -3.03. The Morgan fingerprint density at radius 1 is 1.00 bits per heavy atom. The molecule has 1 aromatic heterocycles. The van der Waals surface area contributed by atoms with Crippen LogP contribution in [-0.2, 0) is 13.1 Å². The van der Waals surface area contributed by atoms with Gasteiger partial charge in [-0.3, -0.25) is 9.58 Å². The average Bonchev–Trinajstić information content (AvgIpc) is 3.37. The number of benzene rings is 2. The molecule has 0 unspecified atom stereocenters. The van der Waals surface area contributed by atoms with Crippen LogP contribution in [0.4, 0.5) is 0 Å². The number of aryl methyl sites for hydroxylation is 3. The minimum Gasteiger partial charge on any atom is -0.493 e. The lowest BCUT2D eigenvalue weighted by Gasteiger charge is -2.38. The Kier molecular flexibility index (Phi) is 8.31. The van der Waals surface area contributed by atoms with Gasteiger partial charge < -0.3 is 19.3 Å². The normalized spacial score (nSPS) is 15.7. The zero-order valence-corrected chi connectivity index (χ0v) is 21.1. The van der Waals surface area contributed by atoms with E-state index < -0.39 is 5.60 Å². The lowest BCUT2D eigenvalue weighted by molar-refractivity contribution is -0.0538. The van der Waals surface area contributed by atoms with Crippen LogP contribution in [-0.4, -0.2) is 58.8 Å². The summed E-state index contributed by atoms with van der Waals surface area (Å²) in [5.74, 6) is 2.35. The molecule has 7 heteroatoms. The third-order valence-electron chi connectivity index (χ3n) is 6.60. The van der Waals surface area contributed by atoms with Crippen molar-refractivity contribution < 1.29 is 19.3 Å². The molecule has 35 heavy (non-hydrogen) atoms. The minimum atomic E-state index is -0.792. The van der Waals surface area contributed by atoms with E-state index in [1.165, 1.54) is 11.1 Å². The van der Waals surface area contributed by atoms with Gasteiger partial charge in [-0.25, -0.2) is 0 Å². The van der Waals surface area contributed by atoms with Gasteiger partial charge in [-0.05, 0) is 62.1 Å². The van der Waals surface area contributed by atoms with Crippen LogP contribution in [0.15, 0.2) is 54.9 Å². The summed E-state index contributed by atoms with van der Waals surface area (Å²) in [4.78, 5) is 2.37. The molecule has 0 atom stereocenters. The lowest BCUT2D eigenvalue weighted by atomic mass is 9.92. The van der Waals surface area contributed by atoms with E-state index in [1.54, 1.807) is 13.3 Å². The summed E-state index contributed by atoms with van der Waals surface area (Å²) in [5, 5.41) is 15.3. The highest BCUT2D eigenvalue weighted by Gasteiger charge is 2.33. The Balaban J connectivity index is 1.24. The summed E-state index contributed by atoms with van der Waals surface area (Å²) in [5.41, 5.74) is 2.69. The summed E-state index contributed by atoms with van der Waals surface area (Å²) < 4.78 is 19.4. The second-order valence-corrected chi connectivity index (χ2v) is 9.51. The number of methoxy groups -OCH3 is 1. The van der Waals surface area contributed by atoms with E-state index in [0.717, 1.165) is 55.4 Å². The number of aliphatic hydroxyl groups is 1. The van der Waals surface area contributed by atoms with Gasteiger partial charge in [-0.2, -0.15) is 5.10 Å². The zero-order chi connectivity index (χ0) is 24.7. The first-order valence-corrected chi connectivity index (χ1v) is 12.4. The van der Waals surface area contributed by atoms with Crippen LogP contribution in [0.3, 0.4) is 0 Å². The number of aromatic nitrogens is 2. The van der Waals surface area contributed by atoms with Crippen molar-refractivity contribution >= 4 is 0 Å². The van der Waals surface area contributed by atoms with Crippen LogP contribution < -0.4 is 14.2 Å². The third-order valence-corrected chi connectivity index (χ3v) is 6.60. The standard InChI is InChI=1S/C28H37N3O4/c1-22-6-8-25(23(2)18-22)35-21-28(32)10-15-30(16-11-28)20-24-7-9-26(27(19-24)33-3)34-17-5-14-31-13-4-12-29-31/h4,6-9,12-13,18-19,32H,5,10-11,14-17,20-21H2,1-3H3. The Morgan fingerprint density at radius 3 is 2.51 bits per heavy atom. The molecule has 0 amide bonds. The highest BCUT2D eigenvalue weighted by Crippen LogP contribution is 2.30. The molecule has 1 saturated heterocycles. The predicted octanol–water partition coefficient (Wildman–Crippen LogP) is 4.38. The number of nitrogens with zero attached hydrogens (tertiary/aromatic N) is 3. The van der Waals surface area contributed by atoms with Crippen molar-refractivity contribution in [2.45, 2.75) is 51.8 Å². The molecule has 1 N–H and O–H groups in total. The number of hydrogen-bond donors (Lipinski definition) is 1. The Labute approximate surface area is 208 Å². The molecular weight excluding hydrogens is 442 g/mol. The number of hydrogen-bond acceptors (Lipinski definition) is 6. The topological polar surface area (TPSA) is 69.0 Å². The molecule has 7 nitrogen and oxygen atoms in total. The van der Waals surface area contributed by atoms with Gasteiger partial charge in [-0.15, -0.1) is 0 Å². The Bertz CT molecular complexity index is 1080. The number of piperidine rings is 1. The average molecular weight is 480 g/mol. The first-order chi connectivity index (χ1) is 16.9. The van der Waals surface area contributed by atoms with Crippen LogP contribution in [0.2, 0.25) is 0 Å². The van der Waals surface area contributed by atoms with E-state index in [0.29, 0.717) is 26.1 Å². The van der Waals surface area contributed by atoms with E-state index in [1.807, 2.05) is 48.1 Å². The van der Waals surface area contributed by atoms with Crippen LogP contribution in [0.25, 0.3) is 0 Å². The molecule has 0 spiro atoms. The van der Waals surface area contributed by atoms with E-state index in [2.05, 4.69) is 29.1 Å². The molecule has 1 fully saturated rings. The van der Waals surface area contributed by atoms with Gasteiger partial charge in [0.05, 0.1) is 13.7 Å². The van der Waals surface area contributed by atoms with Crippen LogP contribution >= 0.6 is 0 Å². The molecule has 0 bridgehead atoms. The number of likely N-dealkylation sites (tertiary alicyclic amines) is 1. The van der Waals surface area contributed by atoms with E-state index in [4.69, 9.17) is 14.2 Å².